The van der Waals surface area contributed by atoms with Crippen LogP contribution in [0.5, 0.6) is 0 Å². The molecule has 0 saturated heterocycles. The van der Waals surface area contributed by atoms with Crippen molar-refractivity contribution in [3.8, 4) is 0 Å². The lowest BCUT2D eigenvalue weighted by molar-refractivity contribution is 0.593. The number of anilines is 1. The van der Waals surface area contributed by atoms with Gasteiger partial charge in [0.2, 0.25) is 0 Å². The second-order valence-electron chi connectivity index (χ2n) is 4.31. The van der Waals surface area contributed by atoms with Crippen LogP contribution in [0.15, 0.2) is 41.6 Å². The van der Waals surface area contributed by atoms with Crippen LogP contribution in [-0.2, 0) is 16.6 Å². The van der Waals surface area contributed by atoms with Crippen molar-refractivity contribution in [3.63, 3.8) is 0 Å². The first-order chi connectivity index (χ1) is 9.42. The summed E-state index contributed by atoms with van der Waals surface area (Å²) < 4.78 is 40.2. The summed E-state index contributed by atoms with van der Waals surface area (Å²) >= 11 is 0. The quantitative estimate of drug-likeness (QED) is 0.900. The highest BCUT2D eigenvalue weighted by atomic mass is 32.2. The Morgan fingerprint density at radius 2 is 2.05 bits per heavy atom. The molecule has 0 aliphatic rings. The Labute approximate surface area is 116 Å². The van der Waals surface area contributed by atoms with Crippen LogP contribution in [0, 0.1) is 12.7 Å². The van der Waals surface area contributed by atoms with Crippen LogP contribution >= 0.6 is 0 Å². The Hall–Kier alpha value is -1.99. The minimum absolute atomic E-state index is 0.00257. The van der Waals surface area contributed by atoms with Crippen LogP contribution in [0.1, 0.15) is 11.1 Å². The highest BCUT2D eigenvalue weighted by Gasteiger charge is 2.19. The van der Waals surface area contributed by atoms with Gasteiger partial charge >= 0.3 is 0 Å². The molecule has 2 rings (SSSR count). The zero-order valence-corrected chi connectivity index (χ0v) is 11.6. The van der Waals surface area contributed by atoms with Gasteiger partial charge in [-0.15, -0.1) is 0 Å². The van der Waals surface area contributed by atoms with E-state index in [9.17, 15) is 12.8 Å². The van der Waals surface area contributed by atoms with E-state index in [1.165, 1.54) is 18.3 Å². The minimum Gasteiger partial charge on any atom is -0.326 e. The van der Waals surface area contributed by atoms with E-state index in [2.05, 4.69) is 9.71 Å². The SMILES string of the molecule is Cc1cncc(NS(=O)(=O)c2cc(F)ccc2CN)c1. The molecule has 0 amide bonds. The normalized spacial score (nSPS) is 11.3. The number of nitrogens with zero attached hydrogens (tertiary/aromatic N) is 1. The lowest BCUT2D eigenvalue weighted by Crippen LogP contribution is -2.16. The van der Waals surface area contributed by atoms with Gasteiger partial charge in [0.1, 0.15) is 5.82 Å². The number of pyridine rings is 1. The van der Waals surface area contributed by atoms with Gasteiger partial charge in [-0.3, -0.25) is 9.71 Å². The van der Waals surface area contributed by atoms with Crippen LogP contribution in [0.3, 0.4) is 0 Å². The summed E-state index contributed by atoms with van der Waals surface area (Å²) in [6, 6.07) is 5.12. The lowest BCUT2D eigenvalue weighted by atomic mass is 10.2. The maximum atomic E-state index is 13.3. The van der Waals surface area contributed by atoms with Crippen LogP contribution in [0.25, 0.3) is 0 Å². The van der Waals surface area contributed by atoms with Crippen molar-refractivity contribution < 1.29 is 12.8 Å². The molecule has 5 nitrogen and oxygen atoms in total. The first-order valence-corrected chi connectivity index (χ1v) is 7.33. The molecule has 3 N–H and O–H groups in total. The fraction of sp³-hybridized carbons (Fsp3) is 0.154. The van der Waals surface area contributed by atoms with Gasteiger partial charge < -0.3 is 5.73 Å². The molecule has 0 aliphatic carbocycles. The molecule has 0 saturated carbocycles. The molecular weight excluding hydrogens is 281 g/mol. The van der Waals surface area contributed by atoms with E-state index in [1.54, 1.807) is 19.2 Å². The Kier molecular flexibility index (Phi) is 4.01. The molecule has 0 unspecified atom stereocenters. The first kappa shape index (κ1) is 14.4. The van der Waals surface area contributed by atoms with Gasteiger partial charge in [-0.1, -0.05) is 6.07 Å². The van der Waals surface area contributed by atoms with E-state index >= 15 is 0 Å². The highest BCUT2D eigenvalue weighted by molar-refractivity contribution is 7.92. The predicted molar refractivity (Wildman–Crippen MR) is 74.1 cm³/mol. The third-order valence-electron chi connectivity index (χ3n) is 2.67. The number of hydrogen-bond donors (Lipinski definition) is 2. The highest BCUT2D eigenvalue weighted by Crippen LogP contribution is 2.20. The molecule has 0 atom stereocenters. The molecule has 0 spiro atoms. The number of halogens is 1. The topological polar surface area (TPSA) is 85.1 Å². The number of rotatable bonds is 4. The van der Waals surface area contributed by atoms with Crippen molar-refractivity contribution >= 4 is 15.7 Å². The number of benzene rings is 1. The Balaban J connectivity index is 2.43. The molecule has 2 aromatic rings. The van der Waals surface area contributed by atoms with E-state index in [4.69, 9.17) is 5.73 Å². The third kappa shape index (κ3) is 3.12. The van der Waals surface area contributed by atoms with E-state index in [1.807, 2.05) is 0 Å². The van der Waals surface area contributed by atoms with Crippen LogP contribution < -0.4 is 10.5 Å². The van der Waals surface area contributed by atoms with Crippen molar-refractivity contribution in [2.24, 2.45) is 5.73 Å². The molecule has 0 fully saturated rings. The maximum Gasteiger partial charge on any atom is 0.262 e. The molecule has 0 bridgehead atoms. The van der Waals surface area contributed by atoms with Crippen molar-refractivity contribution in [1.82, 2.24) is 4.98 Å². The Morgan fingerprint density at radius 1 is 1.30 bits per heavy atom. The third-order valence-corrected chi connectivity index (χ3v) is 4.13. The average Bonchev–Trinajstić information content (AvgIpc) is 2.38. The molecule has 1 heterocycles. The smallest absolute Gasteiger partial charge is 0.262 e. The minimum atomic E-state index is -3.91. The van der Waals surface area contributed by atoms with Gasteiger partial charge in [0.15, 0.2) is 0 Å². The lowest BCUT2D eigenvalue weighted by Gasteiger charge is -2.11. The van der Waals surface area contributed by atoms with E-state index in [-0.39, 0.29) is 11.4 Å². The number of aryl methyl sites for hydroxylation is 1. The van der Waals surface area contributed by atoms with E-state index < -0.39 is 15.8 Å². The van der Waals surface area contributed by atoms with Crippen molar-refractivity contribution in [1.29, 1.82) is 0 Å². The standard InChI is InChI=1S/C13H14FN3O2S/c1-9-4-12(8-16-7-9)17-20(18,19)13-5-11(14)3-2-10(13)6-15/h2-5,7-8,17H,6,15H2,1H3. The maximum absolute atomic E-state index is 13.3. The summed E-state index contributed by atoms with van der Waals surface area (Å²) in [5.74, 6) is -0.634. The van der Waals surface area contributed by atoms with E-state index in [0.717, 1.165) is 11.6 Å². The number of sulfonamides is 1. The summed E-state index contributed by atoms with van der Waals surface area (Å²) in [7, 11) is -3.91. The predicted octanol–water partition coefficient (Wildman–Crippen LogP) is 1.79. The second-order valence-corrected chi connectivity index (χ2v) is 5.96. The molecule has 106 valence electrons. The first-order valence-electron chi connectivity index (χ1n) is 5.85. The molecule has 20 heavy (non-hydrogen) atoms. The molecule has 7 heteroatoms. The number of aromatic nitrogens is 1. The molecule has 0 radical (unpaired) electrons. The summed E-state index contributed by atoms with van der Waals surface area (Å²) in [4.78, 5) is 3.73. The van der Waals surface area contributed by atoms with Gasteiger partial charge in [-0.25, -0.2) is 12.8 Å². The van der Waals surface area contributed by atoms with Crippen LogP contribution in [-0.4, -0.2) is 13.4 Å². The van der Waals surface area contributed by atoms with Gasteiger partial charge in [0.05, 0.1) is 16.8 Å². The summed E-state index contributed by atoms with van der Waals surface area (Å²) in [6.07, 6.45) is 2.98. The van der Waals surface area contributed by atoms with Crippen LogP contribution in [0.2, 0.25) is 0 Å². The number of nitrogens with one attached hydrogen (secondary N) is 1. The summed E-state index contributed by atoms with van der Waals surface area (Å²) in [5.41, 5.74) is 6.96. The van der Waals surface area contributed by atoms with Crippen molar-refractivity contribution in [3.05, 3.63) is 53.6 Å². The van der Waals surface area contributed by atoms with Gasteiger partial charge in [0, 0.05) is 12.7 Å². The van der Waals surface area contributed by atoms with E-state index in [0.29, 0.717) is 11.3 Å². The van der Waals surface area contributed by atoms with Crippen molar-refractivity contribution in [2.45, 2.75) is 18.4 Å². The van der Waals surface area contributed by atoms with Gasteiger partial charge in [-0.05, 0) is 36.2 Å². The number of hydrogen-bond acceptors (Lipinski definition) is 4. The zero-order valence-electron chi connectivity index (χ0n) is 10.8. The molecule has 1 aromatic heterocycles. The second kappa shape index (κ2) is 5.56. The summed E-state index contributed by atoms with van der Waals surface area (Å²) in [6.45, 7) is 1.79. The Morgan fingerprint density at radius 3 is 2.70 bits per heavy atom. The van der Waals surface area contributed by atoms with Crippen molar-refractivity contribution in [2.75, 3.05) is 4.72 Å². The molecular formula is C13H14FN3O2S. The average molecular weight is 295 g/mol. The number of nitrogens with two attached hydrogens (primary N) is 1. The fourth-order valence-corrected chi connectivity index (χ4v) is 3.06. The fourth-order valence-electron chi connectivity index (χ4n) is 1.77. The zero-order chi connectivity index (χ0) is 14.8. The Bertz CT molecular complexity index is 732. The summed E-state index contributed by atoms with van der Waals surface area (Å²) in [5, 5.41) is 0. The van der Waals surface area contributed by atoms with Gasteiger partial charge in [-0.2, -0.15) is 0 Å². The monoisotopic (exact) mass is 295 g/mol. The molecule has 0 aliphatic heterocycles. The molecule has 1 aromatic carbocycles. The van der Waals surface area contributed by atoms with Gasteiger partial charge in [0.25, 0.3) is 10.0 Å². The largest absolute Gasteiger partial charge is 0.326 e. The van der Waals surface area contributed by atoms with Crippen LogP contribution in [0.4, 0.5) is 10.1 Å².